The molecule has 0 atom stereocenters. The van der Waals surface area contributed by atoms with Crippen LogP contribution in [0.2, 0.25) is 0 Å². The van der Waals surface area contributed by atoms with Crippen molar-refractivity contribution in [3.8, 4) is 0 Å². The summed E-state index contributed by atoms with van der Waals surface area (Å²) in [5.74, 6) is 0. The minimum atomic E-state index is 0.880. The van der Waals surface area contributed by atoms with Crippen molar-refractivity contribution in [3.63, 3.8) is 0 Å². The zero-order chi connectivity index (χ0) is 6.41. The number of rotatable bonds is 2. The van der Waals surface area contributed by atoms with Crippen LogP contribution in [0.25, 0.3) is 0 Å². The lowest BCUT2D eigenvalue weighted by atomic mass is 10.3. The first-order valence-corrected chi connectivity index (χ1v) is 2.94. The molecule has 46 valence electrons. The van der Waals surface area contributed by atoms with Gasteiger partial charge in [0.05, 0.1) is 0 Å². The van der Waals surface area contributed by atoms with E-state index in [9.17, 15) is 0 Å². The van der Waals surface area contributed by atoms with Crippen LogP contribution in [0.3, 0.4) is 0 Å². The Labute approximate surface area is 51.1 Å². The van der Waals surface area contributed by atoms with E-state index in [1.165, 1.54) is 5.57 Å². The van der Waals surface area contributed by atoms with E-state index in [0.717, 1.165) is 6.54 Å². The Hall–Kier alpha value is -0.590. The second-order valence-corrected chi connectivity index (χ2v) is 1.66. The standard InChI is InChI=1S/C7H13N/c1-4-7(3)6-8-5-2/h4,6H,5H2,1-3H3/b7-4-,8-6?. The summed E-state index contributed by atoms with van der Waals surface area (Å²) in [4.78, 5) is 4.05. The quantitative estimate of drug-likeness (QED) is 0.483. The number of aliphatic imine (C=N–C) groups is 1. The number of allylic oxidation sites excluding steroid dienone is 2. The van der Waals surface area contributed by atoms with E-state index in [4.69, 9.17) is 0 Å². The monoisotopic (exact) mass is 111 g/mol. The minimum absolute atomic E-state index is 0.880. The summed E-state index contributed by atoms with van der Waals surface area (Å²) in [6.45, 7) is 6.96. The van der Waals surface area contributed by atoms with Gasteiger partial charge in [0.1, 0.15) is 0 Å². The van der Waals surface area contributed by atoms with E-state index in [1.54, 1.807) is 0 Å². The van der Waals surface area contributed by atoms with Crippen molar-refractivity contribution in [3.05, 3.63) is 11.6 Å². The van der Waals surface area contributed by atoms with Crippen LogP contribution >= 0.6 is 0 Å². The lowest BCUT2D eigenvalue weighted by molar-refractivity contribution is 1.14. The van der Waals surface area contributed by atoms with Gasteiger partial charge in [0.2, 0.25) is 0 Å². The average molecular weight is 111 g/mol. The van der Waals surface area contributed by atoms with Gasteiger partial charge >= 0.3 is 0 Å². The van der Waals surface area contributed by atoms with Gasteiger partial charge in [-0.1, -0.05) is 6.08 Å². The first-order valence-electron chi connectivity index (χ1n) is 2.94. The summed E-state index contributed by atoms with van der Waals surface area (Å²) in [7, 11) is 0. The molecule has 0 heterocycles. The van der Waals surface area contributed by atoms with Crippen molar-refractivity contribution in [2.75, 3.05) is 6.54 Å². The van der Waals surface area contributed by atoms with E-state index in [2.05, 4.69) is 4.99 Å². The van der Waals surface area contributed by atoms with Gasteiger partial charge in [-0.25, -0.2) is 0 Å². The fourth-order valence-electron chi connectivity index (χ4n) is 0.310. The summed E-state index contributed by atoms with van der Waals surface area (Å²) in [5.41, 5.74) is 1.23. The van der Waals surface area contributed by atoms with Crippen LogP contribution < -0.4 is 0 Å². The van der Waals surface area contributed by atoms with Crippen molar-refractivity contribution in [2.24, 2.45) is 4.99 Å². The lowest BCUT2D eigenvalue weighted by Crippen LogP contribution is -1.76. The Kier molecular flexibility index (Phi) is 4.23. The molecule has 0 spiro atoms. The molecule has 0 aromatic heterocycles. The van der Waals surface area contributed by atoms with Crippen LogP contribution in [0.4, 0.5) is 0 Å². The molecular weight excluding hydrogens is 98.1 g/mol. The molecular formula is C7H13N. The second kappa shape index (κ2) is 4.57. The normalized spacial score (nSPS) is 13.1. The third-order valence-electron chi connectivity index (χ3n) is 0.933. The molecule has 0 aromatic carbocycles. The smallest absolute Gasteiger partial charge is 0.0361 e. The molecule has 0 aliphatic carbocycles. The summed E-state index contributed by atoms with van der Waals surface area (Å²) < 4.78 is 0. The molecule has 8 heavy (non-hydrogen) atoms. The number of hydrogen-bond donors (Lipinski definition) is 0. The van der Waals surface area contributed by atoms with Gasteiger partial charge in [0.25, 0.3) is 0 Å². The van der Waals surface area contributed by atoms with E-state index < -0.39 is 0 Å². The molecule has 0 radical (unpaired) electrons. The van der Waals surface area contributed by atoms with E-state index in [-0.39, 0.29) is 0 Å². The predicted molar refractivity (Wildman–Crippen MR) is 38.5 cm³/mol. The van der Waals surface area contributed by atoms with Crippen molar-refractivity contribution in [2.45, 2.75) is 20.8 Å². The van der Waals surface area contributed by atoms with Crippen molar-refractivity contribution >= 4 is 6.21 Å². The zero-order valence-corrected chi connectivity index (χ0v) is 5.81. The molecule has 1 nitrogen and oxygen atoms in total. The maximum absolute atomic E-state index is 4.05. The zero-order valence-electron chi connectivity index (χ0n) is 5.81. The highest BCUT2D eigenvalue weighted by Crippen LogP contribution is 1.84. The highest BCUT2D eigenvalue weighted by atomic mass is 14.7. The van der Waals surface area contributed by atoms with Gasteiger partial charge in [0.15, 0.2) is 0 Å². The van der Waals surface area contributed by atoms with Crippen molar-refractivity contribution < 1.29 is 0 Å². The maximum atomic E-state index is 4.05. The van der Waals surface area contributed by atoms with Gasteiger partial charge < -0.3 is 0 Å². The van der Waals surface area contributed by atoms with E-state index in [0.29, 0.717) is 0 Å². The molecule has 0 aliphatic rings. The fraction of sp³-hybridized carbons (Fsp3) is 0.571. The highest BCUT2D eigenvalue weighted by molar-refractivity contribution is 5.77. The molecule has 0 bridgehead atoms. The molecule has 1 heteroatoms. The Balaban J connectivity index is 3.53. The molecule has 0 saturated heterocycles. The van der Waals surface area contributed by atoms with Gasteiger partial charge in [0, 0.05) is 12.8 Å². The summed E-state index contributed by atoms with van der Waals surface area (Å²) >= 11 is 0. The largest absolute Gasteiger partial charge is 0.293 e. The van der Waals surface area contributed by atoms with Crippen LogP contribution in [0.1, 0.15) is 20.8 Å². The molecule has 0 amide bonds. The Bertz CT molecular complexity index is 101. The van der Waals surface area contributed by atoms with Gasteiger partial charge in [-0.15, -0.1) is 0 Å². The minimum Gasteiger partial charge on any atom is -0.293 e. The molecule has 0 fully saturated rings. The average Bonchev–Trinajstić information content (AvgIpc) is 1.83. The maximum Gasteiger partial charge on any atom is 0.0361 e. The van der Waals surface area contributed by atoms with Gasteiger partial charge in [-0.05, 0) is 26.3 Å². The molecule has 0 N–H and O–H groups in total. The second-order valence-electron chi connectivity index (χ2n) is 1.66. The first-order chi connectivity index (χ1) is 3.81. The molecule has 0 saturated carbocycles. The van der Waals surface area contributed by atoms with Gasteiger partial charge in [-0.2, -0.15) is 0 Å². The van der Waals surface area contributed by atoms with Crippen molar-refractivity contribution in [1.82, 2.24) is 0 Å². The first kappa shape index (κ1) is 7.41. The summed E-state index contributed by atoms with van der Waals surface area (Å²) in [6, 6.07) is 0. The topological polar surface area (TPSA) is 12.4 Å². The summed E-state index contributed by atoms with van der Waals surface area (Å²) in [5, 5.41) is 0. The Morgan fingerprint density at radius 3 is 2.62 bits per heavy atom. The van der Waals surface area contributed by atoms with E-state index >= 15 is 0 Å². The fourth-order valence-corrected chi connectivity index (χ4v) is 0.310. The van der Waals surface area contributed by atoms with Crippen LogP contribution in [0, 0.1) is 0 Å². The van der Waals surface area contributed by atoms with Crippen LogP contribution in [-0.4, -0.2) is 12.8 Å². The third kappa shape index (κ3) is 3.59. The Morgan fingerprint density at radius 2 is 2.25 bits per heavy atom. The Morgan fingerprint density at radius 1 is 1.62 bits per heavy atom. The van der Waals surface area contributed by atoms with E-state index in [1.807, 2.05) is 33.1 Å². The van der Waals surface area contributed by atoms with Crippen LogP contribution in [0.15, 0.2) is 16.6 Å². The van der Waals surface area contributed by atoms with Crippen molar-refractivity contribution in [1.29, 1.82) is 0 Å². The van der Waals surface area contributed by atoms with Gasteiger partial charge in [-0.3, -0.25) is 4.99 Å². The number of nitrogens with zero attached hydrogens (tertiary/aromatic N) is 1. The molecule has 0 rings (SSSR count). The summed E-state index contributed by atoms with van der Waals surface area (Å²) in [6.07, 6.45) is 3.93. The predicted octanol–water partition coefficient (Wildman–Crippen LogP) is 2.04. The van der Waals surface area contributed by atoms with Crippen LogP contribution in [-0.2, 0) is 0 Å². The highest BCUT2D eigenvalue weighted by Gasteiger charge is 1.73. The third-order valence-corrected chi connectivity index (χ3v) is 0.933. The molecule has 0 unspecified atom stereocenters. The lowest BCUT2D eigenvalue weighted by Gasteiger charge is -1.83. The number of hydrogen-bond acceptors (Lipinski definition) is 1. The molecule has 0 aliphatic heterocycles. The SMILES string of the molecule is C/C=C(/C)C=NCC. The molecule has 0 aromatic rings. The van der Waals surface area contributed by atoms with Crippen LogP contribution in [0.5, 0.6) is 0 Å².